The minimum Gasteiger partial charge on any atom is 1.00 e. The number of hydrogen-bond acceptors (Lipinski definition) is 6. The minimum absolute atomic E-state index is 0. The second-order valence-electron chi connectivity index (χ2n) is 8.21. The molecule has 3 rings (SSSR count). The van der Waals surface area contributed by atoms with Crippen LogP contribution in [0.25, 0.3) is 0 Å². The van der Waals surface area contributed by atoms with Crippen LogP contribution in [-0.2, 0) is 28.4 Å². The van der Waals surface area contributed by atoms with Gasteiger partial charge < -0.3 is 28.4 Å². The van der Waals surface area contributed by atoms with Crippen LogP contribution in [0.4, 0.5) is 12.3 Å². The van der Waals surface area contributed by atoms with Gasteiger partial charge in [0.25, 0.3) is 0 Å². The van der Waals surface area contributed by atoms with E-state index in [0.717, 1.165) is 0 Å². The summed E-state index contributed by atoms with van der Waals surface area (Å²) >= 11 is 0. The van der Waals surface area contributed by atoms with Gasteiger partial charge in [0.2, 0.25) is 0 Å². The quantitative estimate of drug-likeness (QED) is 0.383. The van der Waals surface area contributed by atoms with Crippen molar-refractivity contribution < 1.29 is 92.1 Å². The van der Waals surface area contributed by atoms with Gasteiger partial charge in [-0.2, -0.15) is 0 Å². The van der Waals surface area contributed by atoms with E-state index in [1.165, 1.54) is 50.2 Å². The summed E-state index contributed by atoms with van der Waals surface area (Å²) in [5, 5.41) is -0.904. The fourth-order valence-electron chi connectivity index (χ4n) is 3.63. The number of ether oxygens (including phenoxy) is 6. The first-order valence-corrected chi connectivity index (χ1v) is 14.3. The Balaban J connectivity index is 0.000000360. The van der Waals surface area contributed by atoms with Crippen LogP contribution in [-0.4, -0.2) is 87.6 Å². The molecular formula is C26H38F3KO6Si. The van der Waals surface area contributed by atoms with Crippen molar-refractivity contribution in [2.45, 2.75) is 13.8 Å². The first-order valence-electron chi connectivity index (χ1n) is 12.2. The molecule has 1 aliphatic heterocycles. The summed E-state index contributed by atoms with van der Waals surface area (Å²) in [7, 11) is -6.81. The maximum atomic E-state index is 14.6. The van der Waals surface area contributed by atoms with Gasteiger partial charge in [-0.3, -0.25) is 0 Å². The molecule has 1 heterocycles. The van der Waals surface area contributed by atoms with E-state index in [9.17, 15) is 12.3 Å². The van der Waals surface area contributed by atoms with Crippen molar-refractivity contribution in [3.8, 4) is 0 Å². The number of halogens is 3. The molecule has 1 saturated heterocycles. The first-order chi connectivity index (χ1) is 17.3. The van der Waals surface area contributed by atoms with Gasteiger partial charge in [0, 0.05) is 0 Å². The molecule has 0 amide bonds. The van der Waals surface area contributed by atoms with Crippen LogP contribution >= 0.6 is 0 Å². The van der Waals surface area contributed by atoms with Crippen molar-refractivity contribution in [1.29, 1.82) is 0 Å². The standard InChI is InChI=1S/C14H14F3Si.C12H24O6.K/c1-11-7-6-8-12(2)14(11)18(15,16,17)13-9-4-3-5-10-13;1-2-14-5-6-16-9-10-18-12-11-17-8-7-15-4-3-13-1;/h3-10H,1-2H3;1-12H2;/q-1;;+1. The number of rotatable bonds is 2. The topological polar surface area (TPSA) is 55.4 Å². The fourth-order valence-corrected chi connectivity index (χ4v) is 6.11. The zero-order chi connectivity index (χ0) is 26.1. The zero-order valence-electron chi connectivity index (χ0n) is 22.2. The predicted octanol–water partition coefficient (Wildman–Crippen LogP) is 0.323. The first kappa shape index (κ1) is 34.9. The normalized spacial score (nSPS) is 18.5. The monoisotopic (exact) mass is 570 g/mol. The van der Waals surface area contributed by atoms with Crippen LogP contribution in [0.15, 0.2) is 48.5 Å². The predicted molar refractivity (Wildman–Crippen MR) is 136 cm³/mol. The van der Waals surface area contributed by atoms with Gasteiger partial charge in [-0.05, 0) is 0 Å². The van der Waals surface area contributed by atoms with E-state index in [1.807, 2.05) is 0 Å². The van der Waals surface area contributed by atoms with Crippen LogP contribution in [0.5, 0.6) is 0 Å². The Morgan fingerprint density at radius 2 is 0.784 bits per heavy atom. The van der Waals surface area contributed by atoms with Crippen molar-refractivity contribution in [3.05, 3.63) is 59.7 Å². The molecule has 0 spiro atoms. The Labute approximate surface area is 261 Å². The van der Waals surface area contributed by atoms with E-state index in [4.69, 9.17) is 28.4 Å². The van der Waals surface area contributed by atoms with Crippen LogP contribution in [0.1, 0.15) is 11.1 Å². The molecule has 0 saturated carbocycles. The molecule has 1 fully saturated rings. The molecule has 0 unspecified atom stereocenters. The molecule has 2 aromatic rings. The van der Waals surface area contributed by atoms with Gasteiger partial charge in [0.05, 0.1) is 79.3 Å². The second-order valence-corrected chi connectivity index (χ2v) is 11.1. The number of aryl methyl sites for hydroxylation is 2. The summed E-state index contributed by atoms with van der Waals surface area (Å²) in [6.07, 6.45) is 0. The third-order valence-corrected chi connectivity index (χ3v) is 8.25. The van der Waals surface area contributed by atoms with Gasteiger partial charge in [0.1, 0.15) is 0 Å². The molecule has 2 aromatic carbocycles. The van der Waals surface area contributed by atoms with Crippen LogP contribution in [0.3, 0.4) is 0 Å². The largest absolute Gasteiger partial charge is 1.00 e. The molecule has 0 bridgehead atoms. The molecule has 0 radical (unpaired) electrons. The Bertz CT molecular complexity index is 775. The molecule has 6 nitrogen and oxygen atoms in total. The molecule has 37 heavy (non-hydrogen) atoms. The van der Waals surface area contributed by atoms with Crippen LogP contribution < -0.4 is 61.8 Å². The molecule has 0 N–H and O–H groups in total. The summed E-state index contributed by atoms with van der Waals surface area (Å²) in [5.74, 6) is 0. The van der Waals surface area contributed by atoms with Crippen molar-refractivity contribution >= 4 is 18.7 Å². The van der Waals surface area contributed by atoms with Crippen molar-refractivity contribution in [1.82, 2.24) is 0 Å². The summed E-state index contributed by atoms with van der Waals surface area (Å²) in [4.78, 5) is 0. The van der Waals surface area contributed by atoms with Crippen molar-refractivity contribution in [2.24, 2.45) is 0 Å². The van der Waals surface area contributed by atoms with E-state index in [1.54, 1.807) is 12.1 Å². The van der Waals surface area contributed by atoms with Gasteiger partial charge in [-0.1, -0.05) is 0 Å². The maximum absolute atomic E-state index is 14.6. The third kappa shape index (κ3) is 13.2. The second kappa shape index (κ2) is 19.0. The van der Waals surface area contributed by atoms with E-state index >= 15 is 0 Å². The molecule has 0 aromatic heterocycles. The van der Waals surface area contributed by atoms with Crippen molar-refractivity contribution in [2.75, 3.05) is 79.3 Å². The fraction of sp³-hybridized carbons (Fsp3) is 0.538. The Morgan fingerprint density at radius 1 is 0.486 bits per heavy atom. The molecular weight excluding hydrogens is 532 g/mol. The molecule has 1 aliphatic rings. The molecule has 204 valence electrons. The summed E-state index contributed by atoms with van der Waals surface area (Å²) in [6.45, 7) is 10.1. The molecule has 11 heteroatoms. The van der Waals surface area contributed by atoms with Crippen LogP contribution in [0, 0.1) is 13.8 Å². The molecule has 0 aliphatic carbocycles. The smallest absolute Gasteiger partial charge is 1.00 e. The number of hydrogen-bond donors (Lipinski definition) is 0. The van der Waals surface area contributed by atoms with Crippen molar-refractivity contribution in [3.63, 3.8) is 0 Å². The summed E-state index contributed by atoms with van der Waals surface area (Å²) in [6, 6.07) is 11.5. The Kier molecular flexibility index (Phi) is 17.9. The summed E-state index contributed by atoms with van der Waals surface area (Å²) in [5.41, 5.74) is 0.611. The average molecular weight is 571 g/mol. The van der Waals surface area contributed by atoms with E-state index < -0.39 is 18.7 Å². The van der Waals surface area contributed by atoms with Gasteiger partial charge in [-0.25, -0.2) is 0 Å². The van der Waals surface area contributed by atoms with E-state index in [2.05, 4.69) is 0 Å². The number of benzene rings is 2. The summed E-state index contributed by atoms with van der Waals surface area (Å²) < 4.78 is 75.7. The van der Waals surface area contributed by atoms with E-state index in [-0.39, 0.29) is 51.4 Å². The average Bonchev–Trinajstić information content (AvgIpc) is 2.84. The Morgan fingerprint density at radius 3 is 1.08 bits per heavy atom. The maximum Gasteiger partial charge on any atom is 1.00 e. The Hall–Kier alpha value is -0.157. The van der Waals surface area contributed by atoms with Gasteiger partial charge in [0.15, 0.2) is 0 Å². The van der Waals surface area contributed by atoms with Crippen LogP contribution in [0.2, 0.25) is 0 Å². The van der Waals surface area contributed by atoms with Gasteiger partial charge in [-0.15, -0.1) is 0 Å². The minimum atomic E-state index is -6.81. The van der Waals surface area contributed by atoms with Gasteiger partial charge >= 0.3 is 156 Å². The zero-order valence-corrected chi connectivity index (χ0v) is 26.3. The third-order valence-electron chi connectivity index (χ3n) is 5.37. The SMILES string of the molecule is C1COCCOCCOCCOCCOCCO1.Cc1cccc(C)c1[Si-](F)(F)(F)c1ccccc1.[K+]. The van der Waals surface area contributed by atoms with E-state index in [0.29, 0.717) is 90.4 Å². The molecule has 0 atom stereocenters.